The van der Waals surface area contributed by atoms with E-state index >= 15 is 0 Å². The van der Waals surface area contributed by atoms with Crippen LogP contribution < -0.4 is 15.2 Å². The number of thiazole rings is 1. The summed E-state index contributed by atoms with van der Waals surface area (Å²) in [6.45, 7) is 5.98. The highest BCUT2D eigenvalue weighted by molar-refractivity contribution is 7.82. The van der Waals surface area contributed by atoms with Gasteiger partial charge in [-0.15, -0.1) is 11.3 Å². The Morgan fingerprint density at radius 1 is 1.30 bits per heavy atom. The van der Waals surface area contributed by atoms with Gasteiger partial charge in [0.15, 0.2) is 5.13 Å². The normalized spacial score (nSPS) is 12.2. The van der Waals surface area contributed by atoms with Crippen LogP contribution in [-0.2, 0) is 17.4 Å². The summed E-state index contributed by atoms with van der Waals surface area (Å²) in [6, 6.07) is 9.23. The molecule has 2 aromatic heterocycles. The maximum absolute atomic E-state index is 11.6. The summed E-state index contributed by atoms with van der Waals surface area (Å²) < 4.78 is 17.5. The molecular formula is C19H22N4O2S2. The molecule has 0 fully saturated rings. The molecule has 2 heterocycles. The lowest BCUT2D eigenvalue weighted by atomic mass is 10.2. The number of nitrogens with one attached hydrogen (secondary N) is 1. The molecule has 142 valence electrons. The fourth-order valence-electron chi connectivity index (χ4n) is 2.45. The summed E-state index contributed by atoms with van der Waals surface area (Å²) in [6.07, 6.45) is 2.75. The molecule has 0 aliphatic rings. The number of hydrogen-bond acceptors (Lipinski definition) is 6. The highest BCUT2D eigenvalue weighted by Gasteiger charge is 2.12. The number of nitrogens with two attached hydrogens (primary N) is 1. The van der Waals surface area contributed by atoms with Crippen LogP contribution in [0.4, 0.5) is 10.8 Å². The van der Waals surface area contributed by atoms with Gasteiger partial charge >= 0.3 is 0 Å². The topological polar surface area (TPSA) is 90.1 Å². The third-order valence-corrected chi connectivity index (χ3v) is 5.25. The predicted molar refractivity (Wildman–Crippen MR) is 111 cm³/mol. The van der Waals surface area contributed by atoms with Crippen LogP contribution in [0.25, 0.3) is 11.3 Å². The summed E-state index contributed by atoms with van der Waals surface area (Å²) in [4.78, 5) is 9.57. The van der Waals surface area contributed by atoms with Crippen LogP contribution in [0.2, 0.25) is 0 Å². The van der Waals surface area contributed by atoms with Gasteiger partial charge in [-0.2, -0.15) is 0 Å². The average molecular weight is 403 g/mol. The zero-order chi connectivity index (χ0) is 19.4. The molecule has 0 aliphatic heterocycles. The Morgan fingerprint density at radius 2 is 2.11 bits per heavy atom. The number of nitrogens with zero attached hydrogens (tertiary/aromatic N) is 2. The van der Waals surface area contributed by atoms with E-state index in [1.807, 2.05) is 37.6 Å². The van der Waals surface area contributed by atoms with Gasteiger partial charge < -0.3 is 10.1 Å². The number of benzene rings is 1. The molecule has 3 N–H and O–H groups in total. The molecule has 8 heteroatoms. The molecular weight excluding hydrogens is 380 g/mol. The van der Waals surface area contributed by atoms with Crippen LogP contribution in [0, 0.1) is 0 Å². The maximum Gasteiger partial charge on any atom is 0.187 e. The SMILES string of the molecule is CCc1ccc(-c2csc(Nc3cc(S(N)=O)ccc3OC(C)C)n2)cn1. The predicted octanol–water partition coefficient (Wildman–Crippen LogP) is 4.28. The van der Waals surface area contributed by atoms with Crippen LogP contribution in [0.5, 0.6) is 5.75 Å². The van der Waals surface area contributed by atoms with E-state index in [9.17, 15) is 4.21 Å². The van der Waals surface area contributed by atoms with Crippen molar-refractivity contribution in [1.29, 1.82) is 0 Å². The standard InChI is InChI=1S/C19H22N4O2S2/c1-4-14-6-5-13(10-21-14)17-11-26-19(23-17)22-16-9-15(27(20)24)7-8-18(16)25-12(2)3/h5-12H,4,20H2,1-3H3,(H,22,23). The molecule has 3 aromatic rings. The van der Waals surface area contributed by atoms with Gasteiger partial charge in [0.25, 0.3) is 0 Å². The van der Waals surface area contributed by atoms with Gasteiger partial charge in [-0.3, -0.25) is 4.98 Å². The first-order chi connectivity index (χ1) is 13.0. The molecule has 1 unspecified atom stereocenters. The van der Waals surface area contributed by atoms with E-state index in [0.717, 1.165) is 23.4 Å². The monoisotopic (exact) mass is 402 g/mol. The Hall–Kier alpha value is -2.29. The summed E-state index contributed by atoms with van der Waals surface area (Å²) in [7, 11) is -1.57. The second kappa shape index (κ2) is 8.60. The Balaban J connectivity index is 1.87. The minimum absolute atomic E-state index is 0.00906. The molecule has 1 aromatic carbocycles. The summed E-state index contributed by atoms with van der Waals surface area (Å²) in [5.74, 6) is 0.657. The van der Waals surface area contributed by atoms with Gasteiger partial charge in [0.05, 0.1) is 22.4 Å². The number of rotatable bonds is 7. The number of aromatic nitrogens is 2. The number of aryl methyl sites for hydroxylation is 1. The van der Waals surface area contributed by atoms with Gasteiger partial charge in [0, 0.05) is 22.8 Å². The smallest absolute Gasteiger partial charge is 0.187 e. The van der Waals surface area contributed by atoms with E-state index in [0.29, 0.717) is 21.5 Å². The van der Waals surface area contributed by atoms with Crippen molar-refractivity contribution in [1.82, 2.24) is 9.97 Å². The van der Waals surface area contributed by atoms with Gasteiger partial charge in [-0.05, 0) is 50.6 Å². The quantitative estimate of drug-likeness (QED) is 0.616. The van der Waals surface area contributed by atoms with Gasteiger partial charge in [0.2, 0.25) is 0 Å². The van der Waals surface area contributed by atoms with Crippen molar-refractivity contribution < 1.29 is 8.95 Å². The van der Waals surface area contributed by atoms with E-state index < -0.39 is 11.0 Å². The Morgan fingerprint density at radius 3 is 2.74 bits per heavy atom. The van der Waals surface area contributed by atoms with Crippen molar-refractivity contribution in [3.05, 3.63) is 47.6 Å². The van der Waals surface area contributed by atoms with E-state index in [1.54, 1.807) is 18.2 Å². The van der Waals surface area contributed by atoms with Crippen LogP contribution >= 0.6 is 11.3 Å². The van der Waals surface area contributed by atoms with Crippen molar-refractivity contribution in [3.8, 4) is 17.0 Å². The summed E-state index contributed by atoms with van der Waals surface area (Å²) >= 11 is 1.48. The first-order valence-electron chi connectivity index (χ1n) is 8.61. The molecule has 3 rings (SSSR count). The second-order valence-corrected chi connectivity index (χ2v) is 8.10. The average Bonchev–Trinajstić information content (AvgIpc) is 3.11. The highest BCUT2D eigenvalue weighted by atomic mass is 32.2. The second-order valence-electron chi connectivity index (χ2n) is 6.18. The van der Waals surface area contributed by atoms with E-state index in [2.05, 4.69) is 22.2 Å². The van der Waals surface area contributed by atoms with Crippen LogP contribution in [-0.4, -0.2) is 20.3 Å². The molecule has 0 spiro atoms. The van der Waals surface area contributed by atoms with Crippen molar-refractivity contribution in [2.45, 2.75) is 38.2 Å². The first-order valence-corrected chi connectivity index (χ1v) is 10.7. The van der Waals surface area contributed by atoms with Gasteiger partial charge in [-0.1, -0.05) is 6.92 Å². The summed E-state index contributed by atoms with van der Waals surface area (Å²) in [5.41, 5.74) is 3.55. The highest BCUT2D eigenvalue weighted by Crippen LogP contribution is 2.33. The van der Waals surface area contributed by atoms with Gasteiger partial charge in [-0.25, -0.2) is 14.3 Å². The zero-order valence-corrected chi connectivity index (χ0v) is 17.1. The first kappa shape index (κ1) is 19.5. The van der Waals surface area contributed by atoms with Crippen molar-refractivity contribution in [2.24, 2.45) is 5.14 Å². The van der Waals surface area contributed by atoms with Gasteiger partial charge in [0.1, 0.15) is 16.7 Å². The minimum Gasteiger partial charge on any atom is -0.489 e. The Labute approximate surface area is 165 Å². The molecule has 0 aliphatic carbocycles. The van der Waals surface area contributed by atoms with Crippen LogP contribution in [0.1, 0.15) is 26.5 Å². The molecule has 0 saturated heterocycles. The maximum atomic E-state index is 11.6. The molecule has 0 amide bonds. The van der Waals surface area contributed by atoms with Crippen LogP contribution in [0.3, 0.4) is 0 Å². The fraction of sp³-hybridized carbons (Fsp3) is 0.263. The lowest BCUT2D eigenvalue weighted by molar-refractivity contribution is 0.243. The molecule has 1 atom stereocenters. The number of hydrogen-bond donors (Lipinski definition) is 2. The molecule has 27 heavy (non-hydrogen) atoms. The molecule has 6 nitrogen and oxygen atoms in total. The van der Waals surface area contributed by atoms with E-state index in [4.69, 9.17) is 9.88 Å². The molecule has 0 radical (unpaired) electrons. The number of ether oxygens (including phenoxy) is 1. The fourth-order valence-corrected chi connectivity index (χ4v) is 3.62. The third-order valence-electron chi connectivity index (χ3n) is 3.77. The zero-order valence-electron chi connectivity index (χ0n) is 15.4. The van der Waals surface area contributed by atoms with Crippen LogP contribution in [0.15, 0.2) is 46.8 Å². The Kier molecular flexibility index (Phi) is 6.20. The van der Waals surface area contributed by atoms with Crippen molar-refractivity contribution in [2.75, 3.05) is 5.32 Å². The molecule has 0 bridgehead atoms. The number of anilines is 2. The largest absolute Gasteiger partial charge is 0.489 e. The molecule has 0 saturated carbocycles. The van der Waals surface area contributed by atoms with E-state index in [1.165, 1.54) is 11.3 Å². The van der Waals surface area contributed by atoms with Crippen molar-refractivity contribution >= 4 is 33.1 Å². The van der Waals surface area contributed by atoms with E-state index in [-0.39, 0.29) is 6.10 Å². The Bertz CT molecular complexity index is 939. The minimum atomic E-state index is -1.57. The summed E-state index contributed by atoms with van der Waals surface area (Å²) in [5, 5.41) is 11.5. The number of pyridine rings is 1. The third kappa shape index (κ3) is 4.91. The lowest BCUT2D eigenvalue weighted by Crippen LogP contribution is -2.09. The van der Waals surface area contributed by atoms with Crippen molar-refractivity contribution in [3.63, 3.8) is 0 Å². The lowest BCUT2D eigenvalue weighted by Gasteiger charge is -2.15.